The van der Waals surface area contributed by atoms with Crippen LogP contribution in [0.15, 0.2) is 61.2 Å². The van der Waals surface area contributed by atoms with Crippen molar-refractivity contribution in [3.63, 3.8) is 0 Å². The van der Waals surface area contributed by atoms with Crippen LogP contribution in [-0.2, 0) is 6.42 Å². The number of nitrogens with one attached hydrogen (secondary N) is 2. The van der Waals surface area contributed by atoms with E-state index in [0.717, 1.165) is 24.1 Å². The highest BCUT2D eigenvalue weighted by Gasteiger charge is 2.22. The zero-order chi connectivity index (χ0) is 18.6. The first-order valence-corrected chi connectivity index (χ1v) is 9.28. The standard InChI is InChI=1S/C21H23N5O/c1-15(16-8-10-19(11-9-16)26-14-22-13-24-26)25-21(27)23-12-18-7-6-17-4-2-3-5-20(17)18/h2-5,8-11,13-15,18H,6-7,12H2,1H3,(H2,23,25,27). The average molecular weight is 361 g/mol. The molecule has 0 saturated heterocycles. The summed E-state index contributed by atoms with van der Waals surface area (Å²) in [7, 11) is 0. The summed E-state index contributed by atoms with van der Waals surface area (Å²) >= 11 is 0. The van der Waals surface area contributed by atoms with Gasteiger partial charge in [0.1, 0.15) is 12.7 Å². The molecule has 3 aromatic rings. The summed E-state index contributed by atoms with van der Waals surface area (Å²) in [6.07, 6.45) is 5.36. The van der Waals surface area contributed by atoms with Crippen LogP contribution in [0.2, 0.25) is 0 Å². The number of carbonyl (C=O) groups is 1. The second kappa shape index (κ2) is 7.61. The quantitative estimate of drug-likeness (QED) is 0.732. The second-order valence-corrected chi connectivity index (χ2v) is 6.94. The van der Waals surface area contributed by atoms with Crippen LogP contribution in [0, 0.1) is 0 Å². The number of benzene rings is 2. The lowest BCUT2D eigenvalue weighted by Crippen LogP contribution is -2.38. The first kappa shape index (κ1) is 17.3. The molecule has 1 aromatic heterocycles. The van der Waals surface area contributed by atoms with E-state index >= 15 is 0 Å². The summed E-state index contributed by atoms with van der Waals surface area (Å²) in [5.41, 5.74) is 4.76. The number of aromatic nitrogens is 3. The van der Waals surface area contributed by atoms with Crippen molar-refractivity contribution >= 4 is 6.03 Å². The topological polar surface area (TPSA) is 71.8 Å². The van der Waals surface area contributed by atoms with E-state index in [4.69, 9.17) is 0 Å². The molecule has 0 spiro atoms. The number of amides is 2. The molecule has 6 nitrogen and oxygen atoms in total. The molecule has 1 aliphatic rings. The van der Waals surface area contributed by atoms with Crippen LogP contribution in [0.5, 0.6) is 0 Å². The van der Waals surface area contributed by atoms with Gasteiger partial charge in [0.2, 0.25) is 0 Å². The Morgan fingerprint density at radius 1 is 1.22 bits per heavy atom. The van der Waals surface area contributed by atoms with Gasteiger partial charge in [-0.3, -0.25) is 0 Å². The van der Waals surface area contributed by atoms with Crippen LogP contribution in [0.4, 0.5) is 4.79 Å². The van der Waals surface area contributed by atoms with E-state index in [2.05, 4.69) is 45.0 Å². The summed E-state index contributed by atoms with van der Waals surface area (Å²) < 4.78 is 1.70. The van der Waals surface area contributed by atoms with Crippen LogP contribution < -0.4 is 10.6 Å². The van der Waals surface area contributed by atoms with Gasteiger partial charge in [0.15, 0.2) is 0 Å². The minimum Gasteiger partial charge on any atom is -0.338 e. The Labute approximate surface area is 158 Å². The smallest absolute Gasteiger partial charge is 0.315 e. The van der Waals surface area contributed by atoms with Gasteiger partial charge in [0, 0.05) is 12.5 Å². The highest BCUT2D eigenvalue weighted by Crippen LogP contribution is 2.32. The Hall–Kier alpha value is -3.15. The second-order valence-electron chi connectivity index (χ2n) is 6.94. The molecule has 27 heavy (non-hydrogen) atoms. The van der Waals surface area contributed by atoms with E-state index in [0.29, 0.717) is 12.5 Å². The third kappa shape index (κ3) is 3.84. The number of carbonyl (C=O) groups excluding carboxylic acids is 1. The fraction of sp³-hybridized carbons (Fsp3) is 0.286. The predicted octanol–water partition coefficient (Wildman–Crippen LogP) is 3.36. The number of hydrogen-bond acceptors (Lipinski definition) is 3. The van der Waals surface area contributed by atoms with Crippen LogP contribution >= 0.6 is 0 Å². The Morgan fingerprint density at radius 2 is 2.04 bits per heavy atom. The Balaban J connectivity index is 1.30. The number of urea groups is 1. The normalized spacial score (nSPS) is 16.6. The molecule has 4 rings (SSSR count). The maximum absolute atomic E-state index is 12.3. The molecule has 1 heterocycles. The molecule has 0 bridgehead atoms. The fourth-order valence-electron chi connectivity index (χ4n) is 3.66. The fourth-order valence-corrected chi connectivity index (χ4v) is 3.66. The molecule has 2 N–H and O–H groups in total. The Kier molecular flexibility index (Phi) is 4.87. The van der Waals surface area contributed by atoms with Crippen molar-refractivity contribution in [1.82, 2.24) is 25.4 Å². The van der Waals surface area contributed by atoms with E-state index in [1.54, 1.807) is 11.0 Å². The van der Waals surface area contributed by atoms with Crippen molar-refractivity contribution < 1.29 is 4.79 Å². The van der Waals surface area contributed by atoms with Crippen LogP contribution in [0.1, 0.15) is 42.0 Å². The summed E-state index contributed by atoms with van der Waals surface area (Å²) in [5, 5.41) is 10.2. The summed E-state index contributed by atoms with van der Waals surface area (Å²) in [6, 6.07) is 16.2. The Morgan fingerprint density at radius 3 is 2.81 bits per heavy atom. The highest BCUT2D eigenvalue weighted by molar-refractivity contribution is 5.74. The average Bonchev–Trinajstić information content (AvgIpc) is 3.37. The number of rotatable bonds is 5. The van der Waals surface area contributed by atoms with Gasteiger partial charge in [-0.15, -0.1) is 0 Å². The van der Waals surface area contributed by atoms with E-state index in [9.17, 15) is 4.79 Å². The summed E-state index contributed by atoms with van der Waals surface area (Å²) in [4.78, 5) is 16.3. The zero-order valence-electron chi connectivity index (χ0n) is 15.3. The van der Waals surface area contributed by atoms with Crippen molar-refractivity contribution in [1.29, 1.82) is 0 Å². The molecular weight excluding hydrogens is 338 g/mol. The van der Waals surface area contributed by atoms with Gasteiger partial charge in [-0.05, 0) is 48.6 Å². The Bertz CT molecular complexity index is 905. The number of hydrogen-bond donors (Lipinski definition) is 2. The predicted molar refractivity (Wildman–Crippen MR) is 104 cm³/mol. The maximum atomic E-state index is 12.3. The van der Waals surface area contributed by atoms with Gasteiger partial charge in [-0.25, -0.2) is 14.5 Å². The minimum atomic E-state index is -0.132. The SMILES string of the molecule is CC(NC(=O)NCC1CCc2ccccc21)c1ccc(-n2cncn2)cc1. The molecule has 0 fully saturated rings. The number of nitrogens with zero attached hydrogens (tertiary/aromatic N) is 3. The maximum Gasteiger partial charge on any atom is 0.315 e. The molecule has 2 unspecified atom stereocenters. The molecular formula is C21H23N5O. The molecule has 0 aliphatic heterocycles. The highest BCUT2D eigenvalue weighted by atomic mass is 16.2. The molecule has 2 amide bonds. The third-order valence-corrected chi connectivity index (χ3v) is 5.19. The van der Waals surface area contributed by atoms with E-state index in [1.807, 2.05) is 31.2 Å². The van der Waals surface area contributed by atoms with Gasteiger partial charge in [-0.2, -0.15) is 5.10 Å². The van der Waals surface area contributed by atoms with Crippen LogP contribution in [-0.4, -0.2) is 27.3 Å². The molecule has 0 saturated carbocycles. The van der Waals surface area contributed by atoms with Gasteiger partial charge in [-0.1, -0.05) is 36.4 Å². The molecule has 2 atom stereocenters. The molecule has 1 aliphatic carbocycles. The van der Waals surface area contributed by atoms with E-state index < -0.39 is 0 Å². The lowest BCUT2D eigenvalue weighted by molar-refractivity contribution is 0.237. The van der Waals surface area contributed by atoms with E-state index in [-0.39, 0.29) is 12.1 Å². The molecule has 6 heteroatoms. The third-order valence-electron chi connectivity index (χ3n) is 5.19. The van der Waals surface area contributed by atoms with Gasteiger partial charge in [0.05, 0.1) is 11.7 Å². The first-order chi connectivity index (χ1) is 13.2. The van der Waals surface area contributed by atoms with Crippen molar-refractivity contribution in [2.75, 3.05) is 6.54 Å². The zero-order valence-corrected chi connectivity index (χ0v) is 15.3. The largest absolute Gasteiger partial charge is 0.338 e. The minimum absolute atomic E-state index is 0.0781. The lowest BCUT2D eigenvalue weighted by Gasteiger charge is -2.17. The van der Waals surface area contributed by atoms with Gasteiger partial charge >= 0.3 is 6.03 Å². The van der Waals surface area contributed by atoms with Crippen LogP contribution in [0.3, 0.4) is 0 Å². The summed E-state index contributed by atoms with van der Waals surface area (Å²) in [6.45, 7) is 2.65. The lowest BCUT2D eigenvalue weighted by atomic mass is 10.0. The van der Waals surface area contributed by atoms with Crippen molar-refractivity contribution in [3.8, 4) is 5.69 Å². The van der Waals surface area contributed by atoms with Crippen molar-refractivity contribution in [2.45, 2.75) is 31.7 Å². The van der Waals surface area contributed by atoms with Crippen molar-refractivity contribution in [3.05, 3.63) is 77.9 Å². The monoisotopic (exact) mass is 361 g/mol. The molecule has 2 aromatic carbocycles. The molecule has 138 valence electrons. The van der Waals surface area contributed by atoms with Gasteiger partial charge < -0.3 is 10.6 Å². The summed E-state index contributed by atoms with van der Waals surface area (Å²) in [5.74, 6) is 0.407. The number of fused-ring (bicyclic) bond motifs is 1. The number of aryl methyl sites for hydroxylation is 1. The van der Waals surface area contributed by atoms with Crippen LogP contribution in [0.25, 0.3) is 5.69 Å². The van der Waals surface area contributed by atoms with E-state index in [1.165, 1.54) is 17.5 Å². The van der Waals surface area contributed by atoms with Crippen molar-refractivity contribution in [2.24, 2.45) is 0 Å². The first-order valence-electron chi connectivity index (χ1n) is 9.28. The molecule has 0 radical (unpaired) electrons. The van der Waals surface area contributed by atoms with Gasteiger partial charge in [0.25, 0.3) is 0 Å².